The average Bonchev–Trinajstić information content (AvgIpc) is 3.77. The van der Waals surface area contributed by atoms with Crippen molar-refractivity contribution in [1.29, 1.82) is 0 Å². The molecule has 1 amide bonds. The Kier molecular flexibility index (Phi) is 16.8. The van der Waals surface area contributed by atoms with E-state index in [0.717, 1.165) is 11.5 Å². The van der Waals surface area contributed by atoms with Crippen LogP contribution in [0.5, 0.6) is 11.5 Å². The first-order valence-electron chi connectivity index (χ1n) is 15.6. The Morgan fingerprint density at radius 3 is 1.95 bits per heavy atom. The Balaban J connectivity index is 0.00000101. The second-order valence-corrected chi connectivity index (χ2v) is 12.3. The van der Waals surface area contributed by atoms with Crippen LogP contribution in [-0.4, -0.2) is 57.1 Å². The summed E-state index contributed by atoms with van der Waals surface area (Å²) in [5, 5.41) is 5.78. The van der Waals surface area contributed by atoms with Crippen LogP contribution in [0.1, 0.15) is 86.3 Å². The molecule has 0 spiro atoms. The highest BCUT2D eigenvalue weighted by Crippen LogP contribution is 2.27. The molecule has 8 nitrogen and oxygen atoms in total. The zero-order valence-electron chi connectivity index (χ0n) is 28.2. The number of ether oxygens (including phenoxy) is 4. The molecular weight excluding hydrogens is 544 g/mol. The smallest absolute Gasteiger partial charge is 0.407 e. The van der Waals surface area contributed by atoms with Gasteiger partial charge in [0.25, 0.3) is 0 Å². The minimum absolute atomic E-state index is 0.0364. The minimum atomic E-state index is -0.764. The number of rotatable bonds is 12. The van der Waals surface area contributed by atoms with E-state index in [2.05, 4.69) is 31.4 Å². The molecule has 1 fully saturated rings. The molecule has 0 heterocycles. The SMILES string of the molecule is CC.CCOC(=O)C(Cc1ccc(OCCNC(=O)OC(C)(C)C)cc1)Oc1ccc(C(C)(C)C)cc1.CNCC1CC1. The van der Waals surface area contributed by atoms with Gasteiger partial charge in [0.1, 0.15) is 23.7 Å². The van der Waals surface area contributed by atoms with Crippen LogP contribution >= 0.6 is 0 Å². The van der Waals surface area contributed by atoms with Crippen LogP contribution < -0.4 is 20.1 Å². The molecule has 2 aromatic rings. The summed E-state index contributed by atoms with van der Waals surface area (Å²) in [5.74, 6) is 1.91. The lowest BCUT2D eigenvalue weighted by Crippen LogP contribution is -2.34. The second-order valence-electron chi connectivity index (χ2n) is 12.3. The average molecular weight is 601 g/mol. The molecule has 1 unspecified atom stereocenters. The third kappa shape index (κ3) is 16.8. The van der Waals surface area contributed by atoms with E-state index in [1.54, 1.807) is 6.92 Å². The predicted molar refractivity (Wildman–Crippen MR) is 174 cm³/mol. The van der Waals surface area contributed by atoms with Crippen molar-refractivity contribution in [3.05, 3.63) is 59.7 Å². The Labute approximate surface area is 260 Å². The molecule has 2 N–H and O–H groups in total. The van der Waals surface area contributed by atoms with Crippen molar-refractivity contribution >= 4 is 12.1 Å². The number of hydrogen-bond donors (Lipinski definition) is 2. The Morgan fingerprint density at radius 1 is 0.907 bits per heavy atom. The highest BCUT2D eigenvalue weighted by Gasteiger charge is 2.23. The third-order valence-electron chi connectivity index (χ3n) is 6.12. The van der Waals surface area contributed by atoms with Crippen molar-refractivity contribution in [1.82, 2.24) is 10.6 Å². The van der Waals surface area contributed by atoms with Crippen molar-refractivity contribution in [3.8, 4) is 11.5 Å². The van der Waals surface area contributed by atoms with Crippen molar-refractivity contribution in [2.45, 2.75) is 98.7 Å². The molecule has 0 saturated heterocycles. The van der Waals surface area contributed by atoms with Crippen LogP contribution in [0.3, 0.4) is 0 Å². The number of amides is 1. The topological polar surface area (TPSA) is 95.1 Å². The van der Waals surface area contributed by atoms with Gasteiger partial charge in [-0.25, -0.2) is 9.59 Å². The largest absolute Gasteiger partial charge is 0.492 e. The zero-order valence-corrected chi connectivity index (χ0v) is 28.2. The molecule has 1 saturated carbocycles. The molecule has 1 aliphatic rings. The molecule has 242 valence electrons. The summed E-state index contributed by atoms with van der Waals surface area (Å²) in [7, 11) is 2.01. The van der Waals surface area contributed by atoms with Gasteiger partial charge in [-0.05, 0) is 101 Å². The fourth-order valence-corrected chi connectivity index (χ4v) is 3.79. The number of esters is 1. The molecule has 0 aliphatic heterocycles. The number of benzene rings is 2. The van der Waals surface area contributed by atoms with Crippen LogP contribution in [0, 0.1) is 5.92 Å². The summed E-state index contributed by atoms with van der Waals surface area (Å²) < 4.78 is 22.1. The molecule has 1 atom stereocenters. The molecule has 43 heavy (non-hydrogen) atoms. The van der Waals surface area contributed by atoms with Crippen molar-refractivity contribution in [3.63, 3.8) is 0 Å². The molecule has 0 bridgehead atoms. The van der Waals surface area contributed by atoms with E-state index in [4.69, 9.17) is 18.9 Å². The number of carbonyl (C=O) groups excluding carboxylic acids is 2. The molecule has 0 radical (unpaired) electrons. The number of alkyl carbamates (subject to hydrolysis) is 1. The van der Waals surface area contributed by atoms with Crippen molar-refractivity contribution in [2.75, 3.05) is 33.4 Å². The monoisotopic (exact) mass is 600 g/mol. The minimum Gasteiger partial charge on any atom is -0.492 e. The van der Waals surface area contributed by atoms with Crippen molar-refractivity contribution in [2.24, 2.45) is 5.92 Å². The van der Waals surface area contributed by atoms with E-state index in [9.17, 15) is 9.59 Å². The van der Waals surface area contributed by atoms with E-state index in [0.29, 0.717) is 31.1 Å². The van der Waals surface area contributed by atoms with Crippen LogP contribution in [0.2, 0.25) is 0 Å². The van der Waals surface area contributed by atoms with Gasteiger partial charge in [0, 0.05) is 6.42 Å². The molecular formula is C35H56N2O6. The Hall–Kier alpha value is -3.26. The zero-order chi connectivity index (χ0) is 32.5. The summed E-state index contributed by atoms with van der Waals surface area (Å²) in [6, 6.07) is 15.2. The summed E-state index contributed by atoms with van der Waals surface area (Å²) in [6.07, 6.45) is 2.04. The highest BCUT2D eigenvalue weighted by molar-refractivity contribution is 5.75. The third-order valence-corrected chi connectivity index (χ3v) is 6.12. The van der Waals surface area contributed by atoms with Gasteiger partial charge in [-0.1, -0.05) is 58.9 Å². The maximum absolute atomic E-state index is 12.5. The molecule has 3 rings (SSSR count). The van der Waals surface area contributed by atoms with E-state index in [-0.39, 0.29) is 12.0 Å². The summed E-state index contributed by atoms with van der Waals surface area (Å²) >= 11 is 0. The molecule has 1 aliphatic carbocycles. The van der Waals surface area contributed by atoms with E-state index >= 15 is 0 Å². The van der Waals surface area contributed by atoms with Crippen LogP contribution in [0.15, 0.2) is 48.5 Å². The number of carbonyl (C=O) groups is 2. The van der Waals surface area contributed by atoms with Crippen LogP contribution in [-0.2, 0) is 26.1 Å². The molecule has 2 aromatic carbocycles. The highest BCUT2D eigenvalue weighted by atomic mass is 16.6. The van der Waals surface area contributed by atoms with E-state index < -0.39 is 23.8 Å². The number of hydrogen-bond acceptors (Lipinski definition) is 7. The van der Waals surface area contributed by atoms with E-state index in [1.807, 2.05) is 90.2 Å². The summed E-state index contributed by atoms with van der Waals surface area (Å²) in [4.78, 5) is 24.2. The number of nitrogens with one attached hydrogen (secondary N) is 2. The lowest BCUT2D eigenvalue weighted by atomic mass is 9.87. The Bertz CT molecular complexity index is 1050. The fourth-order valence-electron chi connectivity index (χ4n) is 3.79. The van der Waals surface area contributed by atoms with Crippen molar-refractivity contribution < 1.29 is 28.5 Å². The maximum Gasteiger partial charge on any atom is 0.407 e. The van der Waals surface area contributed by atoms with Gasteiger partial charge in [0.2, 0.25) is 0 Å². The summed E-state index contributed by atoms with van der Waals surface area (Å²) in [5.41, 5.74) is 1.60. The lowest BCUT2D eigenvalue weighted by molar-refractivity contribution is -0.151. The Morgan fingerprint density at radius 2 is 1.49 bits per heavy atom. The molecule has 8 heteroatoms. The van der Waals surface area contributed by atoms with Crippen LogP contribution in [0.25, 0.3) is 0 Å². The molecule has 0 aromatic heterocycles. The van der Waals surface area contributed by atoms with Crippen LogP contribution in [0.4, 0.5) is 4.79 Å². The van der Waals surface area contributed by atoms with Gasteiger partial charge in [-0.3, -0.25) is 0 Å². The van der Waals surface area contributed by atoms with Gasteiger partial charge < -0.3 is 29.6 Å². The summed E-state index contributed by atoms with van der Waals surface area (Å²) in [6.45, 7) is 19.8. The standard InChI is InChI=1S/C28H39NO6.C5H11N.C2H6/c1-8-32-25(30)24(34-23-15-11-21(12-16-23)27(2,3)4)19-20-9-13-22(14-10-20)33-18-17-29-26(31)35-28(5,6)7;1-6-4-5-2-3-5;1-2/h9-16,24H,8,17-19H2,1-7H3,(H,29,31);5-6H,2-4H2,1H3;1-2H3. The lowest BCUT2D eigenvalue weighted by Gasteiger charge is -2.21. The van der Waals surface area contributed by atoms with Gasteiger partial charge >= 0.3 is 12.1 Å². The van der Waals surface area contributed by atoms with Gasteiger partial charge in [-0.2, -0.15) is 0 Å². The normalized spacial score (nSPS) is 13.3. The first-order valence-corrected chi connectivity index (χ1v) is 15.6. The van der Waals surface area contributed by atoms with Gasteiger partial charge in [0.05, 0.1) is 13.2 Å². The quantitative estimate of drug-likeness (QED) is 0.199. The first kappa shape index (κ1) is 37.8. The maximum atomic E-state index is 12.5. The van der Waals surface area contributed by atoms with Gasteiger partial charge in [0.15, 0.2) is 6.10 Å². The van der Waals surface area contributed by atoms with E-state index in [1.165, 1.54) is 24.9 Å². The van der Waals surface area contributed by atoms with Gasteiger partial charge in [-0.15, -0.1) is 0 Å². The first-order chi connectivity index (χ1) is 20.3. The predicted octanol–water partition coefficient (Wildman–Crippen LogP) is 7.08. The second kappa shape index (κ2) is 19.1. The fraction of sp³-hybridized carbons (Fsp3) is 0.600.